The fraction of sp³-hybridized carbons (Fsp3) is 0.684. The number of carbonyl (C=O) groups is 6. The lowest BCUT2D eigenvalue weighted by atomic mass is 10.0. The van der Waals surface area contributed by atoms with Gasteiger partial charge in [-0.05, 0) is 117 Å². The molecule has 594 valence electrons. The molecule has 18 atom stereocenters. The Morgan fingerprint density at radius 2 is 0.686 bits per heavy atom. The molecule has 105 heavy (non-hydrogen) atoms. The van der Waals surface area contributed by atoms with Crippen LogP contribution in [-0.4, -0.2) is 226 Å². The molecule has 3 aromatic heterocycles. The van der Waals surface area contributed by atoms with E-state index in [1.165, 1.54) is 60.1 Å². The second-order valence-corrected chi connectivity index (χ2v) is 39.6. The molecular weight excluding hydrogens is 1590 g/mol. The van der Waals surface area contributed by atoms with Crippen LogP contribution in [0.25, 0.3) is 0 Å². The number of aliphatic hydroxyl groups is 3. The van der Waals surface area contributed by atoms with Crippen LogP contribution in [0.2, 0.25) is 0 Å². The van der Waals surface area contributed by atoms with Gasteiger partial charge in [0.2, 0.25) is 0 Å². The van der Waals surface area contributed by atoms with E-state index < -0.39 is 216 Å². The first-order valence-corrected chi connectivity index (χ1v) is 42.2. The quantitative estimate of drug-likeness (QED) is 0.0183. The van der Waals surface area contributed by atoms with Gasteiger partial charge < -0.3 is 71.5 Å². The molecule has 3 aliphatic rings. The van der Waals surface area contributed by atoms with E-state index in [4.69, 9.17) is 76.8 Å². The topological polar surface area (TPSA) is 526 Å². The van der Waals surface area contributed by atoms with Crippen molar-refractivity contribution in [2.45, 2.75) is 189 Å². The molecule has 0 amide bonds. The standard InChI is InChI=1S/3C19H29ClN3O10PS/c3*1-10(2)32-16(27)11(3)22-34(29,35-9-14(25)30-5)31-8-12-15(26)19(4,20)17(33-12)23-7-6-13(24)21-18(23)28/h3*6-7,10-12,15,17,26H,8-9H2,1-5H3,(H,22,29)(H,21,24,28)/t11-,12+,15+,17+,19+,34?;11-,12-,15-,17-,19-,34+;11-,12-,15-,17-,19-,34-/m011/s1. The van der Waals surface area contributed by atoms with Gasteiger partial charge in [-0.1, -0.05) is 0 Å². The van der Waals surface area contributed by atoms with Crippen molar-refractivity contribution in [3.8, 4) is 0 Å². The Morgan fingerprint density at radius 3 is 0.876 bits per heavy atom. The minimum Gasteiger partial charge on any atom is -0.468 e. The van der Waals surface area contributed by atoms with E-state index in [9.17, 15) is 86.5 Å². The van der Waals surface area contributed by atoms with Crippen LogP contribution < -0.4 is 49.0 Å². The first-order chi connectivity index (χ1) is 48.6. The second kappa shape index (κ2) is 40.1. The molecule has 0 bridgehead atoms. The monoisotopic (exact) mass is 1670 g/mol. The van der Waals surface area contributed by atoms with Crippen molar-refractivity contribution in [3.05, 3.63) is 99.3 Å². The van der Waals surface area contributed by atoms with E-state index in [-0.39, 0.29) is 17.3 Å². The summed E-state index contributed by atoms with van der Waals surface area (Å²) >= 11 is 21.2. The van der Waals surface area contributed by atoms with Crippen LogP contribution in [-0.2, 0) is 98.7 Å². The van der Waals surface area contributed by atoms with E-state index in [2.05, 4.69) is 44.4 Å². The first-order valence-electron chi connectivity index (χ1n) is 31.4. The van der Waals surface area contributed by atoms with Crippen molar-refractivity contribution in [1.82, 2.24) is 43.9 Å². The molecule has 0 aliphatic carbocycles. The van der Waals surface area contributed by atoms with Crippen LogP contribution in [0.3, 0.4) is 0 Å². The number of aromatic amines is 3. The lowest BCUT2D eigenvalue weighted by molar-refractivity contribution is -0.149. The van der Waals surface area contributed by atoms with Crippen LogP contribution in [0.15, 0.2) is 65.6 Å². The number of methoxy groups -OCH3 is 3. The van der Waals surface area contributed by atoms with Gasteiger partial charge in [0.15, 0.2) is 18.7 Å². The molecule has 3 aromatic rings. The highest BCUT2D eigenvalue weighted by Gasteiger charge is 2.57. The predicted octanol–water partition coefficient (Wildman–Crippen LogP) is 2.26. The zero-order valence-electron chi connectivity index (χ0n) is 59.3. The summed E-state index contributed by atoms with van der Waals surface area (Å²) in [6.07, 6.45) is -8.98. The van der Waals surface area contributed by atoms with E-state index >= 15 is 0 Å². The zero-order chi connectivity index (χ0) is 79.7. The van der Waals surface area contributed by atoms with Crippen LogP contribution in [0.5, 0.6) is 0 Å². The summed E-state index contributed by atoms with van der Waals surface area (Å²) in [6, 6.07) is 0.0867. The highest BCUT2D eigenvalue weighted by atomic mass is 35.5. The van der Waals surface area contributed by atoms with Crippen molar-refractivity contribution in [2.75, 3.05) is 58.4 Å². The fourth-order valence-corrected chi connectivity index (χ4v) is 20.5. The van der Waals surface area contributed by atoms with E-state index in [0.29, 0.717) is 34.1 Å². The summed E-state index contributed by atoms with van der Waals surface area (Å²) in [6.45, 7) is 5.11. The summed E-state index contributed by atoms with van der Waals surface area (Å²) in [4.78, 5) is 144. The summed E-state index contributed by atoms with van der Waals surface area (Å²) in [7, 11) is 3.48. The first kappa shape index (κ1) is 92.4. The van der Waals surface area contributed by atoms with Crippen LogP contribution in [0, 0.1) is 0 Å². The van der Waals surface area contributed by atoms with Crippen molar-refractivity contribution in [2.24, 2.45) is 0 Å². The lowest BCUT2D eigenvalue weighted by Gasteiger charge is -2.26. The maximum Gasteiger partial charge on any atom is 0.330 e. The summed E-state index contributed by atoms with van der Waals surface area (Å²) < 4.78 is 106. The van der Waals surface area contributed by atoms with Gasteiger partial charge in [-0.15, -0.1) is 34.8 Å². The Bertz CT molecular complexity index is 3630. The van der Waals surface area contributed by atoms with Crippen molar-refractivity contribution in [1.29, 1.82) is 0 Å². The number of H-pyrrole nitrogens is 3. The minimum absolute atomic E-state index is 0.358. The van der Waals surface area contributed by atoms with Crippen LogP contribution in [0.4, 0.5) is 0 Å². The average Bonchev–Trinajstić information content (AvgIpc) is 1.63. The van der Waals surface area contributed by atoms with Gasteiger partial charge in [-0.2, -0.15) is 0 Å². The van der Waals surface area contributed by atoms with Gasteiger partial charge in [0.1, 0.15) is 86.6 Å². The highest BCUT2D eigenvalue weighted by Crippen LogP contribution is 2.59. The number of nitrogens with one attached hydrogen (secondary N) is 6. The van der Waals surface area contributed by atoms with E-state index in [0.717, 1.165) is 53.2 Å². The molecular formula is C57H87Cl3N9O30P3S3. The number of rotatable bonds is 33. The van der Waals surface area contributed by atoms with E-state index in [1.54, 1.807) is 41.5 Å². The van der Waals surface area contributed by atoms with Crippen molar-refractivity contribution >= 4 is 125 Å². The number of nitrogens with zero attached hydrogens (tertiary/aromatic N) is 3. The van der Waals surface area contributed by atoms with Crippen LogP contribution in [0.1, 0.15) is 102 Å². The third-order valence-corrected chi connectivity index (χ3v) is 27.6. The number of hydrogen-bond donors (Lipinski definition) is 9. The molecule has 48 heteroatoms. The summed E-state index contributed by atoms with van der Waals surface area (Å²) in [5.41, 5.74) is -4.29. The number of halogens is 3. The van der Waals surface area contributed by atoms with Crippen LogP contribution >= 0.6 is 89.1 Å². The molecule has 0 saturated carbocycles. The normalized spacial score (nSPS) is 26.8. The largest absolute Gasteiger partial charge is 0.468 e. The lowest BCUT2D eigenvalue weighted by Crippen LogP contribution is -2.43. The number of hydrogen-bond acceptors (Lipinski definition) is 33. The SMILES string of the molecule is COC(=O)CSP(=O)(N[C@@H](C)C(=O)OC(C)C)OC[C@H]1O[C@@H](n2ccc(=O)[nH]c2=O)[C@](C)(Cl)[C@@H]1O.COC(=O)CS[P@@](=O)(N[C@H](C)C(=O)OC(C)C)OC[C@H]1O[C@@H](n2ccc(=O)[nH]c2=O)[C@](C)(Cl)[C@@H]1O.COC(=O)CS[P@](=O)(N[C@H](C)C(=O)OC(C)C)OC[C@H]1O[C@@H](n2ccc(=O)[nH]c2=O)[C@](C)(Cl)[C@@H]1O. The smallest absolute Gasteiger partial charge is 0.330 e. The molecule has 3 aliphatic heterocycles. The van der Waals surface area contributed by atoms with Crippen molar-refractivity contribution in [3.63, 3.8) is 0 Å². The Morgan fingerprint density at radius 1 is 0.467 bits per heavy atom. The number of aromatic nitrogens is 6. The molecule has 39 nitrogen and oxygen atoms in total. The Hall–Kier alpha value is -5.01. The Labute approximate surface area is 626 Å². The second-order valence-electron chi connectivity index (χ2n) is 24.4. The van der Waals surface area contributed by atoms with Gasteiger partial charge in [0, 0.05) is 36.8 Å². The summed E-state index contributed by atoms with van der Waals surface area (Å²) in [5, 5.41) is 39.8. The maximum absolute atomic E-state index is 13.5. The number of aliphatic hydroxyl groups excluding tert-OH is 3. The molecule has 0 aromatic carbocycles. The van der Waals surface area contributed by atoms with Gasteiger partial charge in [-0.25, -0.2) is 29.6 Å². The number of esters is 6. The van der Waals surface area contributed by atoms with Gasteiger partial charge in [0.05, 0.1) is 59.5 Å². The zero-order valence-corrected chi connectivity index (χ0v) is 66.7. The molecule has 6 rings (SSSR count). The highest BCUT2D eigenvalue weighted by molar-refractivity contribution is 8.57. The molecule has 9 N–H and O–H groups in total. The Balaban J connectivity index is 0.000000333. The Kier molecular flexibility index (Phi) is 35.3. The van der Waals surface area contributed by atoms with E-state index in [1.807, 2.05) is 0 Å². The molecule has 0 radical (unpaired) electrons. The number of alkyl halides is 3. The molecule has 0 spiro atoms. The van der Waals surface area contributed by atoms with Gasteiger partial charge in [-0.3, -0.25) is 85.5 Å². The third kappa shape index (κ3) is 26.6. The third-order valence-electron chi connectivity index (χ3n) is 14.6. The summed E-state index contributed by atoms with van der Waals surface area (Å²) in [5.74, 6) is -5.18. The average molecular weight is 1670 g/mol. The molecule has 3 fully saturated rings. The number of ether oxygens (including phenoxy) is 9. The minimum atomic E-state index is -3.95. The number of carbonyl (C=O) groups excluding carboxylic acids is 6. The molecule has 3 saturated heterocycles. The maximum atomic E-state index is 13.5. The predicted molar refractivity (Wildman–Crippen MR) is 382 cm³/mol. The van der Waals surface area contributed by atoms with Gasteiger partial charge >= 0.3 is 73.0 Å². The van der Waals surface area contributed by atoms with Gasteiger partial charge in [0.25, 0.3) is 16.7 Å². The van der Waals surface area contributed by atoms with Crippen molar-refractivity contribution < 1.29 is 114 Å². The molecule has 1 unspecified atom stereocenters. The molecule has 6 heterocycles. The fourth-order valence-electron chi connectivity index (χ4n) is 9.20.